The number of nitrogens with one attached hydrogen (secondary N) is 1. The van der Waals surface area contributed by atoms with Crippen LogP contribution in [-0.4, -0.2) is 38.7 Å². The summed E-state index contributed by atoms with van der Waals surface area (Å²) in [5.41, 5.74) is 13.5. The predicted molar refractivity (Wildman–Crippen MR) is 96.4 cm³/mol. The largest absolute Gasteiger partial charge is 0.484 e. The van der Waals surface area contributed by atoms with Gasteiger partial charge in [0, 0.05) is 23.7 Å². The summed E-state index contributed by atoms with van der Waals surface area (Å²) in [6, 6.07) is 7.56. The van der Waals surface area contributed by atoms with E-state index in [0.29, 0.717) is 17.3 Å². The first-order valence-corrected chi connectivity index (χ1v) is 8.58. The van der Waals surface area contributed by atoms with Crippen molar-refractivity contribution in [3.63, 3.8) is 0 Å². The molecule has 1 aromatic carbocycles. The van der Waals surface area contributed by atoms with Gasteiger partial charge in [-0.2, -0.15) is 5.10 Å². The second kappa shape index (κ2) is 6.72. The van der Waals surface area contributed by atoms with E-state index in [1.165, 1.54) is 0 Å². The van der Waals surface area contributed by atoms with E-state index >= 15 is 0 Å². The molecule has 134 valence electrons. The molecule has 2 aromatic heterocycles. The second-order valence-electron chi connectivity index (χ2n) is 6.61. The van der Waals surface area contributed by atoms with Crippen LogP contribution < -0.4 is 16.2 Å². The second-order valence-corrected chi connectivity index (χ2v) is 6.61. The molecular weight excluding hydrogens is 332 g/mol. The van der Waals surface area contributed by atoms with E-state index in [1.54, 1.807) is 12.1 Å². The maximum absolute atomic E-state index is 10.8. The molecule has 1 aliphatic carbocycles. The highest BCUT2D eigenvalue weighted by Gasteiger charge is 2.26. The number of primary amides is 1. The van der Waals surface area contributed by atoms with Gasteiger partial charge in [-0.25, -0.2) is 9.97 Å². The average molecular weight is 352 g/mol. The minimum absolute atomic E-state index is 0.145. The number of aromatic amines is 1. The smallest absolute Gasteiger partial charge is 0.255 e. The Hall–Kier alpha value is -3.00. The van der Waals surface area contributed by atoms with Crippen LogP contribution in [-0.2, 0) is 4.79 Å². The summed E-state index contributed by atoms with van der Waals surface area (Å²) < 4.78 is 5.27. The Balaban J connectivity index is 1.58. The summed E-state index contributed by atoms with van der Waals surface area (Å²) in [5.74, 6) is 1.20. The van der Waals surface area contributed by atoms with Gasteiger partial charge in [-0.05, 0) is 43.5 Å². The molecule has 2 atom stereocenters. The Morgan fingerprint density at radius 1 is 1.27 bits per heavy atom. The van der Waals surface area contributed by atoms with Crippen molar-refractivity contribution in [1.82, 2.24) is 20.2 Å². The highest BCUT2D eigenvalue weighted by molar-refractivity contribution is 5.90. The number of fused-ring (bicyclic) bond motifs is 1. The van der Waals surface area contributed by atoms with Gasteiger partial charge in [0.15, 0.2) is 12.3 Å². The Bertz CT molecular complexity index is 937. The number of aromatic nitrogens is 4. The van der Waals surface area contributed by atoms with Crippen molar-refractivity contribution in [1.29, 1.82) is 0 Å². The summed E-state index contributed by atoms with van der Waals surface area (Å²) in [6.07, 6.45) is 4.78. The van der Waals surface area contributed by atoms with Crippen LogP contribution in [0.15, 0.2) is 30.5 Å². The molecule has 8 nitrogen and oxygen atoms in total. The molecule has 0 bridgehead atoms. The topological polar surface area (TPSA) is 133 Å². The summed E-state index contributed by atoms with van der Waals surface area (Å²) >= 11 is 0. The zero-order chi connectivity index (χ0) is 18.1. The molecule has 26 heavy (non-hydrogen) atoms. The number of amides is 1. The Morgan fingerprint density at radius 2 is 2.08 bits per heavy atom. The van der Waals surface area contributed by atoms with Gasteiger partial charge in [-0.1, -0.05) is 0 Å². The minimum Gasteiger partial charge on any atom is -0.484 e. The highest BCUT2D eigenvalue weighted by atomic mass is 16.5. The fraction of sp³-hybridized carbons (Fsp3) is 0.333. The van der Waals surface area contributed by atoms with Gasteiger partial charge in [0.05, 0.1) is 11.1 Å². The van der Waals surface area contributed by atoms with E-state index < -0.39 is 5.91 Å². The molecular formula is C18H20N6O2. The lowest BCUT2D eigenvalue weighted by Gasteiger charge is -2.07. The maximum atomic E-state index is 10.8. The lowest BCUT2D eigenvalue weighted by Crippen LogP contribution is -2.19. The molecule has 0 saturated heterocycles. The highest BCUT2D eigenvalue weighted by Crippen LogP contribution is 2.33. The summed E-state index contributed by atoms with van der Waals surface area (Å²) in [5, 5.41) is 8.23. The van der Waals surface area contributed by atoms with Crippen LogP contribution in [0.4, 0.5) is 0 Å². The van der Waals surface area contributed by atoms with Crippen LogP contribution in [0, 0.1) is 0 Å². The molecule has 0 aliphatic heterocycles. The van der Waals surface area contributed by atoms with Gasteiger partial charge in [0.25, 0.3) is 5.91 Å². The van der Waals surface area contributed by atoms with E-state index in [1.807, 2.05) is 18.3 Å². The van der Waals surface area contributed by atoms with E-state index in [-0.39, 0.29) is 12.6 Å². The number of nitrogens with two attached hydrogens (primary N) is 2. The number of hydrogen-bond acceptors (Lipinski definition) is 6. The molecule has 0 radical (unpaired) electrons. The fourth-order valence-electron chi connectivity index (χ4n) is 3.36. The van der Waals surface area contributed by atoms with Gasteiger partial charge in [0.1, 0.15) is 11.6 Å². The lowest BCUT2D eigenvalue weighted by molar-refractivity contribution is -0.119. The first-order chi connectivity index (χ1) is 12.6. The molecule has 2 unspecified atom stereocenters. The summed E-state index contributed by atoms with van der Waals surface area (Å²) in [4.78, 5) is 19.9. The molecule has 2 heterocycles. The molecule has 1 amide bonds. The molecule has 8 heteroatoms. The van der Waals surface area contributed by atoms with Crippen molar-refractivity contribution >= 4 is 16.9 Å². The first kappa shape index (κ1) is 16.5. The first-order valence-electron chi connectivity index (χ1n) is 8.58. The third-order valence-electron chi connectivity index (χ3n) is 4.69. The predicted octanol–water partition coefficient (Wildman–Crippen LogP) is 1.48. The molecule has 1 saturated carbocycles. The number of carbonyl (C=O) groups excluding carboxylic acids is 1. The van der Waals surface area contributed by atoms with Gasteiger partial charge in [0.2, 0.25) is 0 Å². The number of carbonyl (C=O) groups is 1. The van der Waals surface area contributed by atoms with E-state index in [4.69, 9.17) is 16.2 Å². The molecule has 3 aromatic rings. The lowest BCUT2D eigenvalue weighted by atomic mass is 10.1. The van der Waals surface area contributed by atoms with Gasteiger partial charge < -0.3 is 16.2 Å². The SMILES string of the molecule is NC(=O)COc1ccc(-c2[nH]nc3nc(C4CCC(N)C4)ncc23)cc1. The molecule has 4 rings (SSSR count). The zero-order valence-corrected chi connectivity index (χ0v) is 14.2. The summed E-state index contributed by atoms with van der Waals surface area (Å²) in [7, 11) is 0. The van der Waals surface area contributed by atoms with Crippen LogP contribution in [0.25, 0.3) is 22.3 Å². The van der Waals surface area contributed by atoms with Crippen LogP contribution in [0.5, 0.6) is 5.75 Å². The summed E-state index contributed by atoms with van der Waals surface area (Å²) in [6.45, 7) is -0.145. The van der Waals surface area contributed by atoms with Crippen molar-refractivity contribution in [3.8, 4) is 17.0 Å². The fourth-order valence-corrected chi connectivity index (χ4v) is 3.36. The molecule has 1 aliphatic rings. The van der Waals surface area contributed by atoms with Crippen molar-refractivity contribution in [2.24, 2.45) is 11.5 Å². The number of ether oxygens (including phenoxy) is 1. The third kappa shape index (κ3) is 3.23. The van der Waals surface area contributed by atoms with Crippen LogP contribution in [0.2, 0.25) is 0 Å². The minimum atomic E-state index is -0.509. The monoisotopic (exact) mass is 352 g/mol. The van der Waals surface area contributed by atoms with Gasteiger partial charge in [-0.15, -0.1) is 0 Å². The van der Waals surface area contributed by atoms with Crippen molar-refractivity contribution in [2.45, 2.75) is 31.2 Å². The van der Waals surface area contributed by atoms with Crippen LogP contribution in [0.1, 0.15) is 31.0 Å². The van der Waals surface area contributed by atoms with Crippen molar-refractivity contribution < 1.29 is 9.53 Å². The van der Waals surface area contributed by atoms with Crippen molar-refractivity contribution in [3.05, 3.63) is 36.3 Å². The quantitative estimate of drug-likeness (QED) is 0.637. The number of H-pyrrole nitrogens is 1. The van der Waals surface area contributed by atoms with Gasteiger partial charge >= 0.3 is 0 Å². The van der Waals surface area contributed by atoms with Crippen molar-refractivity contribution in [2.75, 3.05) is 6.61 Å². The molecule has 5 N–H and O–H groups in total. The average Bonchev–Trinajstić information content (AvgIpc) is 3.26. The Kier molecular flexibility index (Phi) is 4.26. The number of hydrogen-bond donors (Lipinski definition) is 3. The van der Waals surface area contributed by atoms with E-state index in [9.17, 15) is 4.79 Å². The van der Waals surface area contributed by atoms with Crippen LogP contribution in [0.3, 0.4) is 0 Å². The van der Waals surface area contributed by atoms with E-state index in [0.717, 1.165) is 41.7 Å². The third-order valence-corrected chi connectivity index (χ3v) is 4.69. The standard InChI is InChI=1S/C18H20N6O2/c19-12-4-1-11(7-12)17-21-8-14-16(23-24-18(14)22-17)10-2-5-13(6-3-10)26-9-15(20)25/h2-3,5-6,8,11-12H,1,4,7,9,19H2,(H2,20,25)(H,21,22,23,24). The Labute approximate surface area is 150 Å². The zero-order valence-electron chi connectivity index (χ0n) is 14.2. The number of rotatable bonds is 5. The normalized spacial score (nSPS) is 19.7. The number of benzene rings is 1. The molecule has 0 spiro atoms. The Morgan fingerprint density at radius 3 is 2.77 bits per heavy atom. The van der Waals surface area contributed by atoms with Gasteiger partial charge in [-0.3, -0.25) is 9.89 Å². The van der Waals surface area contributed by atoms with Crippen LogP contribution >= 0.6 is 0 Å². The number of nitrogens with zero attached hydrogens (tertiary/aromatic N) is 3. The molecule has 1 fully saturated rings. The van der Waals surface area contributed by atoms with E-state index in [2.05, 4.69) is 20.2 Å². The maximum Gasteiger partial charge on any atom is 0.255 e.